The maximum Gasteiger partial charge on any atom is 0.124 e. The van der Waals surface area contributed by atoms with Crippen LogP contribution in [0.3, 0.4) is 0 Å². The van der Waals surface area contributed by atoms with Gasteiger partial charge in [0, 0.05) is 21.0 Å². The van der Waals surface area contributed by atoms with Crippen LogP contribution in [-0.2, 0) is 6.61 Å². The average Bonchev–Trinajstić information content (AvgIpc) is 2.73. The Morgan fingerprint density at radius 3 is 2.67 bits per heavy atom. The zero-order valence-corrected chi connectivity index (χ0v) is 13.8. The SMILES string of the molecule is C[C@@H](N)c1cc(Br)ccc1OCc1ccc(Br)s1. The van der Waals surface area contributed by atoms with E-state index >= 15 is 0 Å². The summed E-state index contributed by atoms with van der Waals surface area (Å²) in [4.78, 5) is 1.18. The Bertz CT molecular complexity index is 540. The van der Waals surface area contributed by atoms with Crippen molar-refractivity contribution in [3.8, 4) is 5.75 Å². The summed E-state index contributed by atoms with van der Waals surface area (Å²) in [5.41, 5.74) is 6.96. The van der Waals surface area contributed by atoms with Crippen molar-refractivity contribution >= 4 is 43.2 Å². The largest absolute Gasteiger partial charge is 0.488 e. The number of rotatable bonds is 4. The average molecular weight is 391 g/mol. The molecule has 2 aromatic rings. The summed E-state index contributed by atoms with van der Waals surface area (Å²) in [6, 6.07) is 9.95. The first-order chi connectivity index (χ1) is 8.56. The van der Waals surface area contributed by atoms with E-state index in [0.717, 1.165) is 19.6 Å². The van der Waals surface area contributed by atoms with Gasteiger partial charge in [-0.3, -0.25) is 0 Å². The first kappa shape index (κ1) is 14.1. The number of ether oxygens (including phenoxy) is 1. The lowest BCUT2D eigenvalue weighted by molar-refractivity contribution is 0.305. The molecule has 0 spiro atoms. The summed E-state index contributed by atoms with van der Waals surface area (Å²) in [5, 5.41) is 0. The molecule has 1 aromatic heterocycles. The molecule has 2 N–H and O–H groups in total. The van der Waals surface area contributed by atoms with Gasteiger partial charge in [0.25, 0.3) is 0 Å². The molecule has 2 rings (SSSR count). The van der Waals surface area contributed by atoms with Gasteiger partial charge in [0.15, 0.2) is 0 Å². The molecule has 0 aliphatic heterocycles. The second-order valence-electron chi connectivity index (χ2n) is 3.97. The molecule has 18 heavy (non-hydrogen) atoms. The fourth-order valence-electron chi connectivity index (χ4n) is 1.58. The molecule has 0 amide bonds. The molecular formula is C13H13Br2NOS. The van der Waals surface area contributed by atoms with E-state index in [2.05, 4.69) is 37.9 Å². The normalized spacial score (nSPS) is 12.4. The van der Waals surface area contributed by atoms with Gasteiger partial charge in [0.1, 0.15) is 12.4 Å². The molecule has 0 bridgehead atoms. The van der Waals surface area contributed by atoms with Crippen molar-refractivity contribution in [3.63, 3.8) is 0 Å². The summed E-state index contributed by atoms with van der Waals surface area (Å²) in [6.45, 7) is 2.52. The minimum absolute atomic E-state index is 0.0485. The lowest BCUT2D eigenvalue weighted by Gasteiger charge is -2.14. The molecule has 1 atom stereocenters. The van der Waals surface area contributed by atoms with Crippen LogP contribution in [-0.4, -0.2) is 0 Å². The Morgan fingerprint density at radius 1 is 1.28 bits per heavy atom. The summed E-state index contributed by atoms with van der Waals surface area (Å²) in [7, 11) is 0. The molecule has 0 aliphatic rings. The Balaban J connectivity index is 2.13. The van der Waals surface area contributed by atoms with E-state index in [1.807, 2.05) is 31.2 Å². The van der Waals surface area contributed by atoms with Crippen LogP contribution in [0.5, 0.6) is 5.75 Å². The van der Waals surface area contributed by atoms with Crippen LogP contribution in [0, 0.1) is 0 Å². The van der Waals surface area contributed by atoms with E-state index in [-0.39, 0.29) is 6.04 Å². The van der Waals surface area contributed by atoms with E-state index in [9.17, 15) is 0 Å². The quantitative estimate of drug-likeness (QED) is 0.807. The van der Waals surface area contributed by atoms with Gasteiger partial charge in [-0.1, -0.05) is 15.9 Å². The van der Waals surface area contributed by atoms with Gasteiger partial charge in [-0.05, 0) is 53.2 Å². The van der Waals surface area contributed by atoms with Crippen molar-refractivity contribution in [2.24, 2.45) is 5.73 Å². The number of benzene rings is 1. The number of halogens is 2. The molecule has 2 nitrogen and oxygen atoms in total. The van der Waals surface area contributed by atoms with Gasteiger partial charge in [0.2, 0.25) is 0 Å². The number of thiophene rings is 1. The number of hydrogen-bond donors (Lipinski definition) is 1. The summed E-state index contributed by atoms with van der Waals surface area (Å²) in [6.07, 6.45) is 0. The van der Waals surface area contributed by atoms with Crippen molar-refractivity contribution in [2.45, 2.75) is 19.6 Å². The molecule has 5 heteroatoms. The molecule has 0 saturated carbocycles. The Hall–Kier alpha value is -0.360. The standard InChI is InChI=1S/C13H13Br2NOS/c1-8(16)11-6-9(14)2-4-12(11)17-7-10-3-5-13(15)18-10/h2-6,8H,7,16H2,1H3/t8-/m1/s1. The van der Waals surface area contributed by atoms with Crippen molar-refractivity contribution in [1.82, 2.24) is 0 Å². The lowest BCUT2D eigenvalue weighted by atomic mass is 10.1. The fraction of sp³-hybridized carbons (Fsp3) is 0.231. The zero-order valence-electron chi connectivity index (χ0n) is 9.82. The third-order valence-corrected chi connectivity index (χ3v) is 4.55. The summed E-state index contributed by atoms with van der Waals surface area (Å²) in [5.74, 6) is 0.845. The third-order valence-electron chi connectivity index (χ3n) is 2.46. The fourth-order valence-corrected chi connectivity index (χ4v) is 3.36. The minimum atomic E-state index is -0.0485. The lowest BCUT2D eigenvalue weighted by Crippen LogP contribution is -2.08. The molecule has 1 heterocycles. The minimum Gasteiger partial charge on any atom is -0.488 e. The Labute approximate surface area is 127 Å². The number of nitrogens with two attached hydrogens (primary N) is 1. The van der Waals surface area contributed by atoms with Crippen LogP contribution in [0.1, 0.15) is 23.4 Å². The van der Waals surface area contributed by atoms with Crippen LogP contribution < -0.4 is 10.5 Å². The maximum atomic E-state index is 5.95. The van der Waals surface area contributed by atoms with Gasteiger partial charge < -0.3 is 10.5 Å². The Kier molecular flexibility index (Phi) is 4.84. The van der Waals surface area contributed by atoms with Gasteiger partial charge in [-0.25, -0.2) is 0 Å². The summed E-state index contributed by atoms with van der Waals surface area (Å²) >= 11 is 8.57. The van der Waals surface area contributed by atoms with E-state index in [1.54, 1.807) is 11.3 Å². The topological polar surface area (TPSA) is 35.2 Å². The van der Waals surface area contributed by atoms with Crippen molar-refractivity contribution < 1.29 is 4.74 Å². The molecule has 96 valence electrons. The van der Waals surface area contributed by atoms with Crippen molar-refractivity contribution in [3.05, 3.63) is 49.0 Å². The highest BCUT2D eigenvalue weighted by atomic mass is 79.9. The maximum absolute atomic E-state index is 5.95. The van der Waals surface area contributed by atoms with Gasteiger partial charge >= 0.3 is 0 Å². The molecule has 0 radical (unpaired) electrons. The molecule has 0 saturated heterocycles. The van der Waals surface area contributed by atoms with Crippen LogP contribution in [0.15, 0.2) is 38.6 Å². The van der Waals surface area contributed by atoms with E-state index < -0.39 is 0 Å². The third kappa shape index (κ3) is 3.57. The second-order valence-corrected chi connectivity index (χ2v) is 7.43. The second kappa shape index (κ2) is 6.19. The van der Waals surface area contributed by atoms with Crippen LogP contribution in [0.4, 0.5) is 0 Å². The van der Waals surface area contributed by atoms with Gasteiger partial charge in [0.05, 0.1) is 3.79 Å². The monoisotopic (exact) mass is 389 g/mol. The molecule has 1 aromatic carbocycles. The smallest absolute Gasteiger partial charge is 0.124 e. The van der Waals surface area contributed by atoms with Crippen molar-refractivity contribution in [1.29, 1.82) is 0 Å². The highest BCUT2D eigenvalue weighted by Crippen LogP contribution is 2.29. The van der Waals surface area contributed by atoms with E-state index in [0.29, 0.717) is 6.61 Å². The zero-order chi connectivity index (χ0) is 13.1. The highest BCUT2D eigenvalue weighted by molar-refractivity contribution is 9.11. The van der Waals surface area contributed by atoms with E-state index in [1.165, 1.54) is 4.88 Å². The first-order valence-corrected chi connectivity index (χ1v) is 7.88. The number of hydrogen-bond acceptors (Lipinski definition) is 3. The van der Waals surface area contributed by atoms with Crippen LogP contribution in [0.2, 0.25) is 0 Å². The highest BCUT2D eigenvalue weighted by Gasteiger charge is 2.09. The van der Waals surface area contributed by atoms with E-state index in [4.69, 9.17) is 10.5 Å². The van der Waals surface area contributed by atoms with Gasteiger partial charge in [-0.2, -0.15) is 0 Å². The predicted molar refractivity (Wildman–Crippen MR) is 83.1 cm³/mol. The molecular weight excluding hydrogens is 378 g/mol. The first-order valence-electron chi connectivity index (χ1n) is 5.48. The van der Waals surface area contributed by atoms with Gasteiger partial charge in [-0.15, -0.1) is 11.3 Å². The predicted octanol–water partition coefficient (Wildman–Crippen LogP) is 4.87. The summed E-state index contributed by atoms with van der Waals surface area (Å²) < 4.78 is 7.97. The van der Waals surface area contributed by atoms with Crippen molar-refractivity contribution in [2.75, 3.05) is 0 Å². The van der Waals surface area contributed by atoms with Crippen LogP contribution in [0.25, 0.3) is 0 Å². The molecule has 0 unspecified atom stereocenters. The van der Waals surface area contributed by atoms with Crippen LogP contribution >= 0.6 is 43.2 Å². The Morgan fingerprint density at radius 2 is 2.06 bits per heavy atom. The molecule has 0 aliphatic carbocycles. The molecule has 0 fully saturated rings.